The Morgan fingerprint density at radius 3 is 2.77 bits per heavy atom. The van der Waals surface area contributed by atoms with Crippen molar-refractivity contribution in [2.75, 3.05) is 0 Å². The number of aliphatic hydroxyl groups is 1. The molecule has 2 nitrogen and oxygen atoms in total. The van der Waals surface area contributed by atoms with Gasteiger partial charge in [-0.1, -0.05) is 19.9 Å². The van der Waals surface area contributed by atoms with Crippen molar-refractivity contribution in [3.63, 3.8) is 0 Å². The van der Waals surface area contributed by atoms with E-state index in [2.05, 4.69) is 20.4 Å². The van der Waals surface area contributed by atoms with Gasteiger partial charge in [-0.2, -0.15) is 0 Å². The largest absolute Gasteiger partial charge is 0.393 e. The molecule has 0 amide bonds. The van der Waals surface area contributed by atoms with Crippen molar-refractivity contribution in [1.82, 2.24) is 0 Å². The van der Waals surface area contributed by atoms with Crippen LogP contribution in [0.15, 0.2) is 12.7 Å². The second kappa shape index (κ2) is 4.77. The molecule has 0 saturated carbocycles. The Labute approximate surface area is 80.6 Å². The van der Waals surface area contributed by atoms with Gasteiger partial charge in [-0.15, -0.1) is 6.58 Å². The lowest BCUT2D eigenvalue weighted by Crippen LogP contribution is -2.35. The first-order valence-corrected chi connectivity index (χ1v) is 5.08. The first-order chi connectivity index (χ1) is 6.11. The zero-order valence-electron chi connectivity index (χ0n) is 8.57. The maximum Gasteiger partial charge on any atom is 0.0781 e. The fourth-order valence-corrected chi connectivity index (χ4v) is 1.86. The Hall–Kier alpha value is -0.340. The predicted molar refractivity (Wildman–Crippen MR) is 53.6 cm³/mol. The molecular weight excluding hydrogens is 164 g/mol. The molecule has 1 saturated heterocycles. The van der Waals surface area contributed by atoms with Crippen molar-refractivity contribution < 1.29 is 9.84 Å². The van der Waals surface area contributed by atoms with Gasteiger partial charge in [-0.25, -0.2) is 0 Å². The van der Waals surface area contributed by atoms with Crippen molar-refractivity contribution in [3.8, 4) is 0 Å². The molecule has 0 aliphatic carbocycles. The van der Waals surface area contributed by atoms with Gasteiger partial charge in [0.25, 0.3) is 0 Å². The van der Waals surface area contributed by atoms with Crippen LogP contribution in [0.1, 0.15) is 33.1 Å². The lowest BCUT2D eigenvalue weighted by atomic mass is 9.95. The lowest BCUT2D eigenvalue weighted by Gasteiger charge is -2.32. The minimum absolute atomic E-state index is 0.0486. The highest BCUT2D eigenvalue weighted by Gasteiger charge is 2.26. The van der Waals surface area contributed by atoms with E-state index in [0.717, 1.165) is 12.8 Å². The third-order valence-electron chi connectivity index (χ3n) is 2.40. The highest BCUT2D eigenvalue weighted by Crippen LogP contribution is 2.24. The van der Waals surface area contributed by atoms with Gasteiger partial charge in [0, 0.05) is 6.42 Å². The number of hydrogen-bond acceptors (Lipinski definition) is 2. The van der Waals surface area contributed by atoms with Gasteiger partial charge < -0.3 is 9.84 Å². The Morgan fingerprint density at radius 1 is 1.54 bits per heavy atom. The summed E-state index contributed by atoms with van der Waals surface area (Å²) in [4.78, 5) is 0. The molecule has 0 radical (unpaired) electrons. The van der Waals surface area contributed by atoms with E-state index in [1.807, 2.05) is 0 Å². The Balaban J connectivity index is 2.42. The first-order valence-electron chi connectivity index (χ1n) is 5.08. The van der Waals surface area contributed by atoms with E-state index < -0.39 is 0 Å². The minimum Gasteiger partial charge on any atom is -0.393 e. The molecule has 1 N–H and O–H groups in total. The Kier molecular flexibility index (Phi) is 3.94. The second-order valence-electron chi connectivity index (χ2n) is 4.29. The summed E-state index contributed by atoms with van der Waals surface area (Å²) in [6.45, 7) is 8.04. The van der Waals surface area contributed by atoms with Crippen LogP contribution in [-0.2, 0) is 4.74 Å². The van der Waals surface area contributed by atoms with E-state index in [0.29, 0.717) is 12.3 Å². The fraction of sp³-hybridized carbons (Fsp3) is 0.818. The highest BCUT2D eigenvalue weighted by molar-refractivity contribution is 4.88. The van der Waals surface area contributed by atoms with Gasteiger partial charge >= 0.3 is 0 Å². The van der Waals surface area contributed by atoms with E-state index in [4.69, 9.17) is 4.74 Å². The molecule has 0 aromatic heterocycles. The van der Waals surface area contributed by atoms with E-state index >= 15 is 0 Å². The zero-order valence-corrected chi connectivity index (χ0v) is 8.57. The Bertz CT molecular complexity index is 163. The molecule has 2 heteroatoms. The van der Waals surface area contributed by atoms with E-state index in [1.54, 1.807) is 6.08 Å². The summed E-state index contributed by atoms with van der Waals surface area (Å²) in [5.74, 6) is 0.626. The summed E-state index contributed by atoms with van der Waals surface area (Å²) < 4.78 is 5.74. The van der Waals surface area contributed by atoms with Crippen molar-refractivity contribution in [3.05, 3.63) is 12.7 Å². The summed E-state index contributed by atoms with van der Waals surface area (Å²) in [5.41, 5.74) is 0. The molecule has 76 valence electrons. The van der Waals surface area contributed by atoms with Crippen LogP contribution in [-0.4, -0.2) is 23.4 Å². The number of aliphatic hydroxyl groups excluding tert-OH is 1. The summed E-state index contributed by atoms with van der Waals surface area (Å²) in [5, 5.41) is 9.57. The number of hydrogen-bond donors (Lipinski definition) is 1. The summed E-state index contributed by atoms with van der Waals surface area (Å²) >= 11 is 0. The molecule has 0 spiro atoms. The fourth-order valence-electron chi connectivity index (χ4n) is 1.86. The topological polar surface area (TPSA) is 29.5 Å². The van der Waals surface area contributed by atoms with Gasteiger partial charge in [0.2, 0.25) is 0 Å². The second-order valence-corrected chi connectivity index (χ2v) is 4.29. The van der Waals surface area contributed by atoms with E-state index in [-0.39, 0.29) is 18.3 Å². The van der Waals surface area contributed by atoms with Crippen LogP contribution in [0.3, 0.4) is 0 Å². The third kappa shape index (κ3) is 3.49. The Morgan fingerprint density at radius 2 is 2.23 bits per heavy atom. The molecule has 1 aliphatic heterocycles. The standard InChI is InChI=1S/C11H20O2/c1-4-10-6-9(12)7-11(13-10)5-8(2)3/h4,8-12H,1,5-7H2,2-3H3/t9-,10+,11+/m1/s1. The molecule has 1 aliphatic rings. The molecule has 0 bridgehead atoms. The van der Waals surface area contributed by atoms with Gasteiger partial charge in [0.1, 0.15) is 0 Å². The molecule has 0 unspecified atom stereocenters. The van der Waals surface area contributed by atoms with Crippen LogP contribution >= 0.6 is 0 Å². The summed E-state index contributed by atoms with van der Waals surface area (Å²) in [6, 6.07) is 0. The van der Waals surface area contributed by atoms with Crippen LogP contribution < -0.4 is 0 Å². The highest BCUT2D eigenvalue weighted by atomic mass is 16.5. The van der Waals surface area contributed by atoms with Crippen LogP contribution in [0.5, 0.6) is 0 Å². The lowest BCUT2D eigenvalue weighted by molar-refractivity contribution is -0.0822. The number of ether oxygens (including phenoxy) is 1. The smallest absolute Gasteiger partial charge is 0.0781 e. The molecule has 0 aromatic carbocycles. The van der Waals surface area contributed by atoms with Gasteiger partial charge in [-0.3, -0.25) is 0 Å². The van der Waals surface area contributed by atoms with Gasteiger partial charge in [0.15, 0.2) is 0 Å². The maximum atomic E-state index is 9.57. The van der Waals surface area contributed by atoms with Crippen molar-refractivity contribution in [2.24, 2.45) is 5.92 Å². The van der Waals surface area contributed by atoms with Gasteiger partial charge in [-0.05, 0) is 18.8 Å². The molecule has 3 atom stereocenters. The molecule has 13 heavy (non-hydrogen) atoms. The van der Waals surface area contributed by atoms with Crippen LogP contribution in [0.2, 0.25) is 0 Å². The SMILES string of the molecule is C=C[C@H]1C[C@@H](O)C[C@H](CC(C)C)O1. The van der Waals surface area contributed by atoms with Crippen molar-refractivity contribution >= 4 is 0 Å². The average Bonchev–Trinajstić information content (AvgIpc) is 2.01. The van der Waals surface area contributed by atoms with Crippen LogP contribution in [0, 0.1) is 5.92 Å². The summed E-state index contributed by atoms with van der Waals surface area (Å²) in [6.07, 6.45) is 4.36. The predicted octanol–water partition coefficient (Wildman–Crippen LogP) is 2.13. The van der Waals surface area contributed by atoms with Crippen LogP contribution in [0.4, 0.5) is 0 Å². The van der Waals surface area contributed by atoms with Crippen molar-refractivity contribution in [2.45, 2.75) is 51.4 Å². The van der Waals surface area contributed by atoms with E-state index in [9.17, 15) is 5.11 Å². The first kappa shape index (κ1) is 10.7. The van der Waals surface area contributed by atoms with Gasteiger partial charge in [0.05, 0.1) is 18.3 Å². The molecule has 1 rings (SSSR count). The minimum atomic E-state index is -0.208. The maximum absolute atomic E-state index is 9.57. The van der Waals surface area contributed by atoms with E-state index in [1.165, 1.54) is 0 Å². The molecule has 1 fully saturated rings. The molecule has 0 aromatic rings. The molecular formula is C11H20O2. The quantitative estimate of drug-likeness (QED) is 0.681. The zero-order chi connectivity index (χ0) is 9.84. The normalized spacial score (nSPS) is 34.9. The third-order valence-corrected chi connectivity index (χ3v) is 2.40. The summed E-state index contributed by atoms with van der Waals surface area (Å²) in [7, 11) is 0. The molecule has 1 heterocycles. The number of rotatable bonds is 3. The van der Waals surface area contributed by atoms with Crippen LogP contribution in [0.25, 0.3) is 0 Å². The van der Waals surface area contributed by atoms with Crippen molar-refractivity contribution in [1.29, 1.82) is 0 Å². The monoisotopic (exact) mass is 184 g/mol. The average molecular weight is 184 g/mol.